The first-order chi connectivity index (χ1) is 17.0. The lowest BCUT2D eigenvalue weighted by atomic mass is 10.1. The third-order valence-electron chi connectivity index (χ3n) is 4.67. The Morgan fingerprint density at radius 2 is 0.639 bits per heavy atom. The van der Waals surface area contributed by atoms with Crippen LogP contribution in [-0.2, 0) is 4.57 Å². The summed E-state index contributed by atoms with van der Waals surface area (Å²) in [4.78, 5) is 21.6. The molecule has 0 aliphatic heterocycles. The van der Waals surface area contributed by atoms with E-state index in [1.54, 1.807) is 13.8 Å². The molecular weight excluding hydrogens is 477 g/mol. The van der Waals surface area contributed by atoms with E-state index in [0.717, 1.165) is 19.6 Å². The number of unbranched alkanes of at least 4 members (excludes halogenated alkanes) is 15. The predicted molar refractivity (Wildman–Crippen MR) is 159 cm³/mol. The van der Waals surface area contributed by atoms with E-state index in [-0.39, 0.29) is 6.10 Å². The molecule has 10 N–H and O–H groups in total. The molecule has 0 fully saturated rings. The minimum absolute atomic E-state index is 0.167. The van der Waals surface area contributed by atoms with Crippen LogP contribution in [0.15, 0.2) is 0 Å². The first-order valence-corrected chi connectivity index (χ1v) is 16.1. The number of aliphatic hydroxyl groups excluding tert-OH is 1. The molecule has 0 aliphatic carbocycles. The van der Waals surface area contributed by atoms with Crippen molar-refractivity contribution in [1.82, 2.24) is 0 Å². The number of hydrogen-bond acceptors (Lipinski definition) is 5. The van der Waals surface area contributed by atoms with E-state index in [4.69, 9.17) is 41.6 Å². The lowest BCUT2D eigenvalue weighted by Gasteiger charge is -1.96. The summed E-state index contributed by atoms with van der Waals surface area (Å²) in [5.41, 5.74) is 16.0. The molecule has 0 atom stereocenters. The van der Waals surface area contributed by atoms with Crippen LogP contribution in [-0.4, -0.2) is 45.5 Å². The Bertz CT molecular complexity index is 311. The summed E-state index contributed by atoms with van der Waals surface area (Å²) in [6.07, 6.45) is 24.0. The van der Waals surface area contributed by atoms with E-state index in [1.165, 1.54) is 116 Å². The van der Waals surface area contributed by atoms with Crippen LogP contribution in [0.25, 0.3) is 0 Å². The Morgan fingerprint density at radius 3 is 0.778 bits per heavy atom. The van der Waals surface area contributed by atoms with Crippen LogP contribution in [0, 0.1) is 0 Å². The zero-order valence-electron chi connectivity index (χ0n) is 24.8. The molecule has 0 unspecified atom stereocenters. The van der Waals surface area contributed by atoms with Gasteiger partial charge in [-0.1, -0.05) is 117 Å². The van der Waals surface area contributed by atoms with Crippen LogP contribution in [0.3, 0.4) is 0 Å². The summed E-state index contributed by atoms with van der Waals surface area (Å²) in [7, 11) is -4.64. The Morgan fingerprint density at radius 1 is 0.500 bits per heavy atom. The average molecular weight is 546 g/mol. The third kappa shape index (κ3) is 114. The smallest absolute Gasteiger partial charge is 0.394 e. The van der Waals surface area contributed by atoms with Crippen molar-refractivity contribution < 1.29 is 24.4 Å². The highest BCUT2D eigenvalue weighted by molar-refractivity contribution is 7.45. The fourth-order valence-electron chi connectivity index (χ4n) is 2.77. The van der Waals surface area contributed by atoms with Crippen LogP contribution in [0.4, 0.5) is 0 Å². The first-order valence-electron chi connectivity index (χ1n) is 14.5. The first kappa shape index (κ1) is 45.8. The van der Waals surface area contributed by atoms with Crippen molar-refractivity contribution >= 4 is 7.82 Å². The Kier molecular flexibility index (Phi) is 57.2. The molecule has 0 spiro atoms. The van der Waals surface area contributed by atoms with E-state index in [1.807, 2.05) is 0 Å². The summed E-state index contributed by atoms with van der Waals surface area (Å²) in [6.45, 7) is 12.8. The number of hydrogen-bond donors (Lipinski definition) is 7. The molecule has 9 heteroatoms. The zero-order valence-corrected chi connectivity index (χ0v) is 25.7. The van der Waals surface area contributed by atoms with Gasteiger partial charge in [0, 0.05) is 6.10 Å². The van der Waals surface area contributed by atoms with Gasteiger partial charge in [-0.2, -0.15) is 0 Å². The number of aliphatic hydroxyl groups is 1. The number of nitrogens with two attached hydrogens (primary N) is 3. The highest BCUT2D eigenvalue weighted by atomic mass is 31.2. The van der Waals surface area contributed by atoms with Crippen LogP contribution in [0.1, 0.15) is 150 Å². The average Bonchev–Trinajstić information content (AvgIpc) is 2.78. The SMILES string of the molecule is CC(C)O.CCCCCCCCN.CCCCCCCCN.CCCCCCCCN.O=P(O)(O)O. The molecule has 36 heavy (non-hydrogen) atoms. The molecule has 226 valence electrons. The van der Waals surface area contributed by atoms with Gasteiger partial charge in [0.05, 0.1) is 0 Å². The third-order valence-corrected chi connectivity index (χ3v) is 4.67. The summed E-state index contributed by atoms with van der Waals surface area (Å²) in [6, 6.07) is 0. The minimum atomic E-state index is -4.64. The maximum Gasteiger partial charge on any atom is 0.466 e. The second kappa shape index (κ2) is 44.9. The lowest BCUT2D eigenvalue weighted by Crippen LogP contribution is -1.97. The molecule has 8 nitrogen and oxygen atoms in total. The van der Waals surface area contributed by atoms with Gasteiger partial charge in [0.15, 0.2) is 0 Å². The van der Waals surface area contributed by atoms with Gasteiger partial charge in [-0.3, -0.25) is 0 Å². The van der Waals surface area contributed by atoms with Gasteiger partial charge in [0.1, 0.15) is 0 Å². The summed E-state index contributed by atoms with van der Waals surface area (Å²) in [5.74, 6) is 0. The second-order valence-corrected chi connectivity index (χ2v) is 10.3. The van der Waals surface area contributed by atoms with Gasteiger partial charge in [-0.05, 0) is 52.7 Å². The minimum Gasteiger partial charge on any atom is -0.394 e. The Hall–Kier alpha value is -0.0500. The van der Waals surface area contributed by atoms with Gasteiger partial charge in [0.25, 0.3) is 0 Å². The normalized spacial score (nSPS) is 10.1. The highest BCUT2D eigenvalue weighted by Crippen LogP contribution is 2.25. The maximum absolute atomic E-state index is 8.88. The fraction of sp³-hybridized carbons (Fsp3) is 1.00. The van der Waals surface area contributed by atoms with Crippen molar-refractivity contribution in [2.45, 2.75) is 156 Å². The molecule has 0 saturated heterocycles. The lowest BCUT2D eigenvalue weighted by molar-refractivity contribution is 0.216. The molecule has 0 aliphatic rings. The van der Waals surface area contributed by atoms with Crippen molar-refractivity contribution in [3.63, 3.8) is 0 Å². The van der Waals surface area contributed by atoms with Gasteiger partial charge < -0.3 is 37.0 Å². The van der Waals surface area contributed by atoms with Crippen molar-refractivity contribution in [2.24, 2.45) is 17.2 Å². The van der Waals surface area contributed by atoms with Crippen LogP contribution < -0.4 is 17.2 Å². The molecule has 0 radical (unpaired) electrons. The van der Waals surface area contributed by atoms with Crippen LogP contribution >= 0.6 is 7.82 Å². The molecule has 0 aromatic carbocycles. The van der Waals surface area contributed by atoms with Gasteiger partial charge >= 0.3 is 7.82 Å². The number of rotatable bonds is 18. The largest absolute Gasteiger partial charge is 0.466 e. The number of phosphoric acid groups is 1. The summed E-state index contributed by atoms with van der Waals surface area (Å²) < 4.78 is 8.88. The topological polar surface area (TPSA) is 176 Å². The van der Waals surface area contributed by atoms with Crippen molar-refractivity contribution in [1.29, 1.82) is 0 Å². The van der Waals surface area contributed by atoms with Crippen molar-refractivity contribution in [3.05, 3.63) is 0 Å². The quantitative estimate of drug-likeness (QED) is 0.0766. The van der Waals surface area contributed by atoms with Gasteiger partial charge in [-0.25, -0.2) is 4.57 Å². The summed E-state index contributed by atoms with van der Waals surface area (Å²) >= 11 is 0. The van der Waals surface area contributed by atoms with Crippen molar-refractivity contribution in [2.75, 3.05) is 19.6 Å². The molecule has 0 amide bonds. The van der Waals surface area contributed by atoms with Crippen LogP contribution in [0.2, 0.25) is 0 Å². The second-order valence-electron chi connectivity index (χ2n) is 9.28. The van der Waals surface area contributed by atoms with Gasteiger partial charge in [-0.15, -0.1) is 0 Å². The molecule has 0 heterocycles. The molecule has 0 aromatic heterocycles. The van der Waals surface area contributed by atoms with Gasteiger partial charge in [0.2, 0.25) is 0 Å². The van der Waals surface area contributed by atoms with E-state index in [2.05, 4.69) is 20.8 Å². The van der Waals surface area contributed by atoms with E-state index >= 15 is 0 Å². The van der Waals surface area contributed by atoms with E-state index in [0.29, 0.717) is 0 Å². The fourth-order valence-corrected chi connectivity index (χ4v) is 2.77. The van der Waals surface area contributed by atoms with E-state index < -0.39 is 7.82 Å². The molecule has 0 rings (SSSR count). The Balaban J connectivity index is -0.000000115. The maximum atomic E-state index is 8.88. The zero-order chi connectivity index (χ0) is 28.9. The Labute approximate surface area is 225 Å². The monoisotopic (exact) mass is 545 g/mol. The molecule has 0 bridgehead atoms. The predicted octanol–water partition coefficient (Wildman–Crippen LogP) is 6.38. The summed E-state index contributed by atoms with van der Waals surface area (Å²) in [5, 5.41) is 8.06. The molecule has 0 saturated carbocycles. The van der Waals surface area contributed by atoms with Crippen molar-refractivity contribution in [3.8, 4) is 0 Å². The van der Waals surface area contributed by atoms with E-state index in [9.17, 15) is 0 Å². The molecular formula is C27H68N3O5P. The highest BCUT2D eigenvalue weighted by Gasteiger charge is 2.00. The van der Waals surface area contributed by atoms with Crippen LogP contribution in [0.5, 0.6) is 0 Å². The molecule has 0 aromatic rings. The standard InChI is InChI=1S/3C8H19N.C3H8O.H3O4P/c3*1-2-3-4-5-6-7-8-9;1-3(2)4;1-5(2,3)4/h3*2-9H2,1H3;3-4H,1-2H3;(H3,1,2,3,4).